The molecule has 0 spiro atoms. The van der Waals surface area contributed by atoms with Crippen molar-refractivity contribution in [2.75, 3.05) is 31.0 Å². The van der Waals surface area contributed by atoms with Crippen molar-refractivity contribution in [1.29, 1.82) is 0 Å². The molecule has 25 heavy (non-hydrogen) atoms. The molecule has 0 unspecified atom stereocenters. The van der Waals surface area contributed by atoms with Crippen LogP contribution in [0.2, 0.25) is 0 Å². The van der Waals surface area contributed by atoms with Crippen LogP contribution in [0.25, 0.3) is 0 Å². The van der Waals surface area contributed by atoms with Crippen LogP contribution in [0.5, 0.6) is 11.5 Å². The Bertz CT molecular complexity index is 756. The maximum atomic E-state index is 5.44. The fourth-order valence-corrected chi connectivity index (χ4v) is 3.05. The average Bonchev–Trinajstić information content (AvgIpc) is 2.58. The van der Waals surface area contributed by atoms with Crippen molar-refractivity contribution in [2.45, 2.75) is 39.3 Å². The van der Waals surface area contributed by atoms with E-state index in [1.807, 2.05) is 6.07 Å². The van der Waals surface area contributed by atoms with Crippen molar-refractivity contribution in [3.63, 3.8) is 0 Å². The van der Waals surface area contributed by atoms with E-state index in [0.717, 1.165) is 42.6 Å². The molecule has 1 aromatic carbocycles. The van der Waals surface area contributed by atoms with Gasteiger partial charge in [-0.05, 0) is 50.5 Å². The lowest BCUT2D eigenvalue weighted by Crippen LogP contribution is -2.32. The topological polar surface area (TPSA) is 59.5 Å². The van der Waals surface area contributed by atoms with Crippen LogP contribution in [-0.2, 0) is 13.0 Å². The molecule has 2 aromatic rings. The fraction of sp³-hybridized carbons (Fsp3) is 0.474. The van der Waals surface area contributed by atoms with Crippen LogP contribution in [0.4, 0.5) is 11.6 Å². The maximum Gasteiger partial charge on any atom is 0.161 e. The summed E-state index contributed by atoms with van der Waals surface area (Å²) in [4.78, 5) is 11.1. The standard InChI is InChI=1S/C19H26N4O2/c1-19(2,3)22-17-10-18(21-12-20-17)23-7-6-13-8-15(24-4)16(25-5)9-14(13)11-23/h8-10,12H,6-7,11H2,1-5H3,(H,20,21,22). The third-order valence-electron chi connectivity index (χ3n) is 4.20. The summed E-state index contributed by atoms with van der Waals surface area (Å²) in [7, 11) is 3.34. The van der Waals surface area contributed by atoms with Crippen LogP contribution >= 0.6 is 0 Å². The van der Waals surface area contributed by atoms with Crippen LogP contribution in [0.15, 0.2) is 24.5 Å². The Morgan fingerprint density at radius 3 is 2.32 bits per heavy atom. The van der Waals surface area contributed by atoms with Crippen LogP contribution < -0.4 is 19.7 Å². The van der Waals surface area contributed by atoms with E-state index in [4.69, 9.17) is 9.47 Å². The number of methoxy groups -OCH3 is 2. The van der Waals surface area contributed by atoms with Gasteiger partial charge in [-0.2, -0.15) is 0 Å². The normalized spacial score (nSPS) is 14.0. The van der Waals surface area contributed by atoms with Gasteiger partial charge in [0.15, 0.2) is 11.5 Å². The number of fused-ring (bicyclic) bond motifs is 1. The molecule has 0 amide bonds. The Morgan fingerprint density at radius 1 is 1.00 bits per heavy atom. The van der Waals surface area contributed by atoms with Crippen molar-refractivity contribution in [3.05, 3.63) is 35.7 Å². The summed E-state index contributed by atoms with van der Waals surface area (Å²) in [5.41, 5.74) is 2.51. The lowest BCUT2D eigenvalue weighted by Gasteiger charge is -2.31. The zero-order valence-electron chi connectivity index (χ0n) is 15.6. The van der Waals surface area contributed by atoms with Crippen LogP contribution in [-0.4, -0.2) is 36.3 Å². The van der Waals surface area contributed by atoms with Gasteiger partial charge in [-0.25, -0.2) is 9.97 Å². The zero-order valence-corrected chi connectivity index (χ0v) is 15.6. The Balaban J connectivity index is 1.84. The number of rotatable bonds is 4. The van der Waals surface area contributed by atoms with E-state index in [-0.39, 0.29) is 5.54 Å². The van der Waals surface area contributed by atoms with E-state index in [0.29, 0.717) is 0 Å². The first-order chi connectivity index (χ1) is 11.9. The zero-order chi connectivity index (χ0) is 18.0. The molecule has 0 saturated heterocycles. The van der Waals surface area contributed by atoms with Crippen LogP contribution in [0.1, 0.15) is 31.9 Å². The number of nitrogens with zero attached hydrogens (tertiary/aromatic N) is 3. The largest absolute Gasteiger partial charge is 0.493 e. The lowest BCUT2D eigenvalue weighted by molar-refractivity contribution is 0.353. The van der Waals surface area contributed by atoms with E-state index in [1.165, 1.54) is 11.1 Å². The van der Waals surface area contributed by atoms with Gasteiger partial charge in [0.1, 0.15) is 18.0 Å². The second-order valence-electron chi connectivity index (χ2n) is 7.28. The second kappa shape index (κ2) is 6.78. The number of anilines is 2. The van der Waals surface area contributed by atoms with E-state index in [2.05, 4.69) is 53.1 Å². The van der Waals surface area contributed by atoms with Gasteiger partial charge in [-0.1, -0.05) is 0 Å². The third kappa shape index (κ3) is 3.95. The molecule has 1 N–H and O–H groups in total. The van der Waals surface area contributed by atoms with Crippen LogP contribution in [0, 0.1) is 0 Å². The number of benzene rings is 1. The molecule has 1 aliphatic rings. The molecule has 1 aliphatic heterocycles. The van der Waals surface area contributed by atoms with E-state index >= 15 is 0 Å². The predicted octanol–water partition coefficient (Wildman–Crippen LogP) is 3.27. The minimum absolute atomic E-state index is 0.0377. The number of hydrogen-bond donors (Lipinski definition) is 1. The van der Waals surface area contributed by atoms with Crippen molar-refractivity contribution >= 4 is 11.6 Å². The van der Waals surface area contributed by atoms with Gasteiger partial charge in [0, 0.05) is 24.7 Å². The lowest BCUT2D eigenvalue weighted by atomic mass is 9.99. The highest BCUT2D eigenvalue weighted by molar-refractivity contribution is 5.54. The van der Waals surface area contributed by atoms with Gasteiger partial charge in [0.05, 0.1) is 14.2 Å². The molecule has 0 atom stereocenters. The van der Waals surface area contributed by atoms with Crippen molar-refractivity contribution in [3.8, 4) is 11.5 Å². The summed E-state index contributed by atoms with van der Waals surface area (Å²) in [6, 6.07) is 6.16. The molecule has 0 radical (unpaired) electrons. The highest BCUT2D eigenvalue weighted by Gasteiger charge is 2.21. The number of aromatic nitrogens is 2. The molecule has 6 nitrogen and oxygen atoms in total. The van der Waals surface area contributed by atoms with Gasteiger partial charge < -0.3 is 19.7 Å². The smallest absolute Gasteiger partial charge is 0.161 e. The SMILES string of the molecule is COc1cc2c(cc1OC)CN(c1cc(NC(C)(C)C)ncn1)CC2. The monoisotopic (exact) mass is 342 g/mol. The van der Waals surface area contributed by atoms with Crippen molar-refractivity contribution < 1.29 is 9.47 Å². The summed E-state index contributed by atoms with van der Waals surface area (Å²) in [6.07, 6.45) is 2.56. The number of hydrogen-bond acceptors (Lipinski definition) is 6. The maximum absolute atomic E-state index is 5.44. The van der Waals surface area contributed by atoms with Gasteiger partial charge in [-0.15, -0.1) is 0 Å². The first kappa shape index (κ1) is 17.3. The minimum atomic E-state index is -0.0377. The molecule has 2 heterocycles. The van der Waals surface area contributed by atoms with Crippen molar-refractivity contribution in [1.82, 2.24) is 9.97 Å². The molecule has 0 fully saturated rings. The third-order valence-corrected chi connectivity index (χ3v) is 4.20. The highest BCUT2D eigenvalue weighted by atomic mass is 16.5. The van der Waals surface area contributed by atoms with Gasteiger partial charge in [-0.3, -0.25) is 0 Å². The summed E-state index contributed by atoms with van der Waals surface area (Å²) in [5, 5.41) is 3.40. The summed E-state index contributed by atoms with van der Waals surface area (Å²) >= 11 is 0. The predicted molar refractivity (Wildman–Crippen MR) is 99.7 cm³/mol. The van der Waals surface area contributed by atoms with Crippen molar-refractivity contribution in [2.24, 2.45) is 0 Å². The molecule has 3 rings (SSSR count). The molecular weight excluding hydrogens is 316 g/mol. The molecule has 6 heteroatoms. The van der Waals surface area contributed by atoms with Gasteiger partial charge in [0.25, 0.3) is 0 Å². The Hall–Kier alpha value is -2.50. The average molecular weight is 342 g/mol. The van der Waals surface area contributed by atoms with E-state index in [1.54, 1.807) is 20.5 Å². The first-order valence-electron chi connectivity index (χ1n) is 8.48. The second-order valence-corrected chi connectivity index (χ2v) is 7.28. The van der Waals surface area contributed by atoms with E-state index in [9.17, 15) is 0 Å². The number of nitrogens with one attached hydrogen (secondary N) is 1. The molecule has 0 bridgehead atoms. The summed E-state index contributed by atoms with van der Waals surface area (Å²) in [6.45, 7) is 8.05. The molecule has 1 aromatic heterocycles. The minimum Gasteiger partial charge on any atom is -0.493 e. The van der Waals surface area contributed by atoms with E-state index < -0.39 is 0 Å². The van der Waals surface area contributed by atoms with Crippen LogP contribution in [0.3, 0.4) is 0 Å². The quantitative estimate of drug-likeness (QED) is 0.920. The Morgan fingerprint density at radius 2 is 1.68 bits per heavy atom. The summed E-state index contributed by atoms with van der Waals surface area (Å²) in [5.74, 6) is 3.33. The molecule has 0 saturated carbocycles. The molecular formula is C19H26N4O2. The Labute approximate surface area is 149 Å². The highest BCUT2D eigenvalue weighted by Crippen LogP contribution is 2.34. The van der Waals surface area contributed by atoms with Gasteiger partial charge >= 0.3 is 0 Å². The first-order valence-corrected chi connectivity index (χ1v) is 8.48. The summed E-state index contributed by atoms with van der Waals surface area (Å²) < 4.78 is 10.8. The molecule has 134 valence electrons. The fourth-order valence-electron chi connectivity index (χ4n) is 3.05. The van der Waals surface area contributed by atoms with Gasteiger partial charge in [0.2, 0.25) is 0 Å². The molecule has 0 aliphatic carbocycles. The Kier molecular flexibility index (Phi) is 4.70. The number of ether oxygens (including phenoxy) is 2.